The van der Waals surface area contributed by atoms with Crippen molar-refractivity contribution >= 4 is 17.5 Å². The van der Waals surface area contributed by atoms with Crippen LogP contribution in [0.3, 0.4) is 0 Å². The third-order valence-corrected chi connectivity index (χ3v) is 4.11. The highest BCUT2D eigenvalue weighted by atomic mass is 19.1. The zero-order valence-electron chi connectivity index (χ0n) is 14.4. The number of hydrogen-bond acceptors (Lipinski definition) is 3. The molecule has 1 unspecified atom stereocenters. The van der Waals surface area contributed by atoms with Crippen LogP contribution in [0.1, 0.15) is 53.4 Å². The third-order valence-electron chi connectivity index (χ3n) is 4.11. The van der Waals surface area contributed by atoms with Gasteiger partial charge in [-0.05, 0) is 64.7 Å². The quantitative estimate of drug-likeness (QED) is 0.804. The summed E-state index contributed by atoms with van der Waals surface area (Å²) in [6.45, 7) is 7.52. The molecule has 1 amide bonds. The van der Waals surface area contributed by atoms with Gasteiger partial charge in [-0.15, -0.1) is 0 Å². The number of carbonyl (C=O) groups excluding carboxylic acids is 1. The van der Waals surface area contributed by atoms with Gasteiger partial charge in [-0.3, -0.25) is 5.32 Å². The van der Waals surface area contributed by atoms with Crippen LogP contribution in [0.15, 0.2) is 18.2 Å². The molecule has 1 atom stereocenters. The molecule has 4 nitrogen and oxygen atoms in total. The van der Waals surface area contributed by atoms with E-state index in [1.807, 2.05) is 0 Å². The fourth-order valence-electron chi connectivity index (χ4n) is 2.98. The first-order valence-corrected chi connectivity index (χ1v) is 8.31. The van der Waals surface area contributed by atoms with E-state index in [0.717, 1.165) is 0 Å². The second kappa shape index (κ2) is 7.20. The predicted octanol–water partition coefficient (Wildman–Crippen LogP) is 5.16. The zero-order chi connectivity index (χ0) is 17.0. The summed E-state index contributed by atoms with van der Waals surface area (Å²) in [5, 5.41) is 6.05. The van der Waals surface area contributed by atoms with Gasteiger partial charge in [0.1, 0.15) is 11.4 Å². The van der Waals surface area contributed by atoms with Crippen LogP contribution in [-0.2, 0) is 4.74 Å². The first-order chi connectivity index (χ1) is 10.7. The maximum absolute atomic E-state index is 13.6. The van der Waals surface area contributed by atoms with Crippen LogP contribution in [0.5, 0.6) is 0 Å². The maximum atomic E-state index is 13.6. The summed E-state index contributed by atoms with van der Waals surface area (Å²) < 4.78 is 18.9. The Morgan fingerprint density at radius 1 is 1.26 bits per heavy atom. The van der Waals surface area contributed by atoms with Crippen molar-refractivity contribution in [3.63, 3.8) is 0 Å². The molecule has 0 bridgehead atoms. The fraction of sp³-hybridized carbons (Fsp3) is 0.611. The third kappa shape index (κ3) is 5.41. The molecule has 2 rings (SSSR count). The van der Waals surface area contributed by atoms with Crippen molar-refractivity contribution in [2.45, 2.75) is 65.0 Å². The van der Waals surface area contributed by atoms with E-state index in [1.165, 1.54) is 37.8 Å². The Morgan fingerprint density at radius 2 is 1.91 bits per heavy atom. The van der Waals surface area contributed by atoms with Crippen molar-refractivity contribution in [2.75, 3.05) is 10.6 Å². The topological polar surface area (TPSA) is 50.4 Å². The maximum Gasteiger partial charge on any atom is 0.412 e. The Balaban J connectivity index is 2.08. The van der Waals surface area contributed by atoms with E-state index in [-0.39, 0.29) is 11.9 Å². The summed E-state index contributed by atoms with van der Waals surface area (Å²) in [7, 11) is 0. The van der Waals surface area contributed by atoms with Crippen LogP contribution in [0.4, 0.5) is 20.6 Å². The number of anilines is 2. The Morgan fingerprint density at radius 3 is 2.52 bits per heavy atom. The van der Waals surface area contributed by atoms with Crippen LogP contribution >= 0.6 is 0 Å². The van der Waals surface area contributed by atoms with Gasteiger partial charge < -0.3 is 10.1 Å². The number of rotatable bonds is 4. The van der Waals surface area contributed by atoms with E-state index in [2.05, 4.69) is 17.6 Å². The fourth-order valence-corrected chi connectivity index (χ4v) is 2.98. The summed E-state index contributed by atoms with van der Waals surface area (Å²) in [4.78, 5) is 12.0. The Kier molecular flexibility index (Phi) is 5.50. The number of amides is 1. The monoisotopic (exact) mass is 322 g/mol. The largest absolute Gasteiger partial charge is 0.444 e. The van der Waals surface area contributed by atoms with Gasteiger partial charge in [0, 0.05) is 6.04 Å². The summed E-state index contributed by atoms with van der Waals surface area (Å²) in [5.41, 5.74) is 0.551. The molecule has 1 aliphatic carbocycles. The first kappa shape index (κ1) is 17.6. The molecule has 23 heavy (non-hydrogen) atoms. The minimum absolute atomic E-state index is 0.235. The molecule has 0 spiro atoms. The highest BCUT2D eigenvalue weighted by molar-refractivity contribution is 5.89. The second-order valence-electron chi connectivity index (χ2n) is 7.29. The standard InChI is InChI=1S/C18H27FN2O2/c1-12(13-7-5-6-8-13)20-16-11-14(19)9-10-15(16)21-17(22)23-18(2,3)4/h9-13,20H,5-8H2,1-4H3,(H,21,22). The van der Waals surface area contributed by atoms with Crippen LogP contribution in [0.25, 0.3) is 0 Å². The van der Waals surface area contributed by atoms with Gasteiger partial charge in [0.05, 0.1) is 11.4 Å². The molecule has 1 aromatic rings. The zero-order valence-corrected chi connectivity index (χ0v) is 14.4. The lowest BCUT2D eigenvalue weighted by Gasteiger charge is -2.24. The van der Waals surface area contributed by atoms with Crippen molar-refractivity contribution < 1.29 is 13.9 Å². The molecule has 5 heteroatoms. The van der Waals surface area contributed by atoms with E-state index in [1.54, 1.807) is 26.8 Å². The number of carbonyl (C=O) groups is 1. The summed E-state index contributed by atoms with van der Waals surface area (Å²) in [6, 6.07) is 4.54. The molecule has 0 aliphatic heterocycles. The van der Waals surface area contributed by atoms with Crippen molar-refractivity contribution in [1.82, 2.24) is 0 Å². The molecule has 1 aliphatic rings. The van der Waals surface area contributed by atoms with Gasteiger partial charge in [0.25, 0.3) is 0 Å². The van der Waals surface area contributed by atoms with E-state index >= 15 is 0 Å². The van der Waals surface area contributed by atoms with Crippen molar-refractivity contribution in [3.8, 4) is 0 Å². The smallest absolute Gasteiger partial charge is 0.412 e. The van der Waals surface area contributed by atoms with E-state index in [9.17, 15) is 9.18 Å². The number of hydrogen-bond donors (Lipinski definition) is 2. The molecule has 1 aromatic carbocycles. The molecule has 0 saturated heterocycles. The van der Waals surface area contributed by atoms with Crippen molar-refractivity contribution in [1.29, 1.82) is 0 Å². The predicted molar refractivity (Wildman–Crippen MR) is 91.3 cm³/mol. The number of benzene rings is 1. The van der Waals surface area contributed by atoms with Gasteiger partial charge in [-0.1, -0.05) is 12.8 Å². The van der Waals surface area contributed by atoms with Gasteiger partial charge in [-0.2, -0.15) is 0 Å². The van der Waals surface area contributed by atoms with Gasteiger partial charge in [-0.25, -0.2) is 9.18 Å². The van der Waals surface area contributed by atoms with E-state index < -0.39 is 11.7 Å². The average Bonchev–Trinajstić information content (AvgIpc) is 2.93. The van der Waals surface area contributed by atoms with E-state index in [0.29, 0.717) is 17.3 Å². The van der Waals surface area contributed by atoms with E-state index in [4.69, 9.17) is 4.74 Å². The molecule has 1 fully saturated rings. The summed E-state index contributed by atoms with van der Waals surface area (Å²) in [5.74, 6) is 0.258. The lowest BCUT2D eigenvalue weighted by molar-refractivity contribution is 0.0636. The lowest BCUT2D eigenvalue weighted by Crippen LogP contribution is -2.28. The summed E-state index contributed by atoms with van der Waals surface area (Å²) >= 11 is 0. The average molecular weight is 322 g/mol. The number of halogens is 1. The first-order valence-electron chi connectivity index (χ1n) is 8.31. The number of ether oxygens (including phenoxy) is 1. The Labute approximate surface area is 137 Å². The SMILES string of the molecule is CC(Nc1cc(F)ccc1NC(=O)OC(C)(C)C)C1CCCC1. The van der Waals surface area contributed by atoms with Crippen LogP contribution in [0.2, 0.25) is 0 Å². The minimum Gasteiger partial charge on any atom is -0.444 e. The van der Waals surface area contributed by atoms with Crippen LogP contribution in [0, 0.1) is 11.7 Å². The highest BCUT2D eigenvalue weighted by Crippen LogP contribution is 2.31. The van der Waals surface area contributed by atoms with Crippen molar-refractivity contribution in [3.05, 3.63) is 24.0 Å². The Hall–Kier alpha value is -1.78. The molecule has 0 aromatic heterocycles. The summed E-state index contributed by atoms with van der Waals surface area (Å²) in [6.07, 6.45) is 4.35. The molecular weight excluding hydrogens is 295 g/mol. The molecule has 128 valence electrons. The molecule has 0 heterocycles. The number of nitrogens with one attached hydrogen (secondary N) is 2. The highest BCUT2D eigenvalue weighted by Gasteiger charge is 2.23. The van der Waals surface area contributed by atoms with Crippen LogP contribution in [-0.4, -0.2) is 17.7 Å². The molecule has 1 saturated carbocycles. The molecule has 2 N–H and O–H groups in total. The van der Waals surface area contributed by atoms with Crippen molar-refractivity contribution in [2.24, 2.45) is 5.92 Å². The van der Waals surface area contributed by atoms with Gasteiger partial charge in [0.15, 0.2) is 0 Å². The minimum atomic E-state index is -0.575. The van der Waals surface area contributed by atoms with Gasteiger partial charge >= 0.3 is 6.09 Å². The van der Waals surface area contributed by atoms with Gasteiger partial charge in [0.2, 0.25) is 0 Å². The molecular formula is C18H27FN2O2. The molecule has 0 radical (unpaired) electrons. The van der Waals surface area contributed by atoms with Crippen LogP contribution < -0.4 is 10.6 Å². The Bertz CT molecular complexity index is 548. The second-order valence-corrected chi connectivity index (χ2v) is 7.29. The normalized spacial score (nSPS) is 16.9. The lowest BCUT2D eigenvalue weighted by atomic mass is 9.99.